The van der Waals surface area contributed by atoms with Gasteiger partial charge in [0.1, 0.15) is 0 Å². The van der Waals surface area contributed by atoms with Crippen LogP contribution in [0.1, 0.15) is 40.5 Å². The normalized spacial score (nSPS) is 28.3. The molecule has 1 heterocycles. The van der Waals surface area contributed by atoms with Gasteiger partial charge in [-0.1, -0.05) is 40.5 Å². The summed E-state index contributed by atoms with van der Waals surface area (Å²) in [4.78, 5) is 0. The molecule has 0 spiro atoms. The van der Waals surface area contributed by atoms with Gasteiger partial charge in [-0.05, 0) is 12.5 Å². The fourth-order valence-electron chi connectivity index (χ4n) is 2.63. The lowest BCUT2D eigenvalue weighted by molar-refractivity contribution is 0.329. The van der Waals surface area contributed by atoms with Crippen molar-refractivity contribution in [3.8, 4) is 0 Å². The Morgan fingerprint density at radius 1 is 1.12 bits per heavy atom. The molecule has 1 aliphatic rings. The van der Waals surface area contributed by atoms with E-state index in [1.807, 2.05) is 0 Å². The van der Waals surface area contributed by atoms with E-state index in [1.165, 1.54) is 24.3 Å². The van der Waals surface area contributed by atoms with Crippen LogP contribution in [0.4, 0.5) is 0 Å². The molecule has 3 atom stereocenters. The zero-order valence-electron chi connectivity index (χ0n) is 11.2. The highest BCUT2D eigenvalue weighted by atomic mass is 32.2. The first-order valence-corrected chi connectivity index (χ1v) is 8.80. The van der Waals surface area contributed by atoms with Crippen molar-refractivity contribution in [3.05, 3.63) is 0 Å². The molecule has 0 aromatic carbocycles. The molecule has 1 N–H and O–H groups in total. The molecule has 1 aliphatic heterocycles. The van der Waals surface area contributed by atoms with Crippen LogP contribution < -0.4 is 5.32 Å². The maximum absolute atomic E-state index is 3.75. The van der Waals surface area contributed by atoms with E-state index in [-0.39, 0.29) is 0 Å². The molecule has 0 saturated carbocycles. The van der Waals surface area contributed by atoms with Crippen molar-refractivity contribution in [3.63, 3.8) is 0 Å². The van der Waals surface area contributed by atoms with Gasteiger partial charge in [0.2, 0.25) is 0 Å². The van der Waals surface area contributed by atoms with Gasteiger partial charge < -0.3 is 5.32 Å². The summed E-state index contributed by atoms with van der Waals surface area (Å²) >= 11 is 4.35. The van der Waals surface area contributed by atoms with E-state index in [4.69, 9.17) is 0 Å². The molecule has 16 heavy (non-hydrogen) atoms. The quantitative estimate of drug-likeness (QED) is 0.784. The summed E-state index contributed by atoms with van der Waals surface area (Å²) in [5, 5.41) is 5.37. The Morgan fingerprint density at radius 2 is 1.75 bits per heavy atom. The molecule has 1 nitrogen and oxygen atoms in total. The summed E-state index contributed by atoms with van der Waals surface area (Å²) in [5.41, 5.74) is 0. The molecule has 1 saturated heterocycles. The molecule has 0 bridgehead atoms. The van der Waals surface area contributed by atoms with Crippen molar-refractivity contribution >= 4 is 23.5 Å². The monoisotopic (exact) mass is 261 g/mol. The summed E-state index contributed by atoms with van der Waals surface area (Å²) in [6.45, 7) is 10.4. The highest BCUT2D eigenvalue weighted by Gasteiger charge is 2.33. The van der Waals surface area contributed by atoms with Gasteiger partial charge >= 0.3 is 0 Å². The topological polar surface area (TPSA) is 12.0 Å². The minimum Gasteiger partial charge on any atom is -0.313 e. The van der Waals surface area contributed by atoms with Crippen LogP contribution in [-0.4, -0.2) is 34.6 Å². The van der Waals surface area contributed by atoms with Crippen molar-refractivity contribution in [1.29, 1.82) is 0 Å². The maximum atomic E-state index is 3.75. The van der Waals surface area contributed by atoms with Crippen LogP contribution in [0.2, 0.25) is 0 Å². The third kappa shape index (κ3) is 3.85. The van der Waals surface area contributed by atoms with Gasteiger partial charge in [0.15, 0.2) is 0 Å². The van der Waals surface area contributed by atoms with Gasteiger partial charge in [0, 0.05) is 28.0 Å². The van der Waals surface area contributed by atoms with Gasteiger partial charge in [-0.3, -0.25) is 0 Å². The number of rotatable bonds is 6. The summed E-state index contributed by atoms with van der Waals surface area (Å²) in [6.07, 6.45) is 2.62. The first-order chi connectivity index (χ1) is 7.74. The number of nitrogens with one attached hydrogen (secondary N) is 1. The SMILES string of the molecule is CCNC(C(CC)CC)C1SCCSC1C. The smallest absolute Gasteiger partial charge is 0.0320 e. The lowest BCUT2D eigenvalue weighted by Crippen LogP contribution is -2.48. The Labute approximate surface area is 110 Å². The lowest BCUT2D eigenvalue weighted by Gasteiger charge is -2.38. The van der Waals surface area contributed by atoms with E-state index in [9.17, 15) is 0 Å². The average Bonchev–Trinajstić information content (AvgIpc) is 2.30. The summed E-state index contributed by atoms with van der Waals surface area (Å²) in [7, 11) is 0. The van der Waals surface area contributed by atoms with Crippen LogP contribution in [-0.2, 0) is 0 Å². The van der Waals surface area contributed by atoms with E-state index in [0.717, 1.165) is 23.0 Å². The second-order valence-corrected chi connectivity index (χ2v) is 7.34. The average molecular weight is 262 g/mol. The molecule has 1 rings (SSSR count). The highest BCUT2D eigenvalue weighted by molar-refractivity contribution is 8.07. The van der Waals surface area contributed by atoms with E-state index in [0.29, 0.717) is 6.04 Å². The summed E-state index contributed by atoms with van der Waals surface area (Å²) in [5.74, 6) is 3.52. The van der Waals surface area contributed by atoms with E-state index >= 15 is 0 Å². The van der Waals surface area contributed by atoms with Crippen molar-refractivity contribution in [2.75, 3.05) is 18.1 Å². The number of thioether (sulfide) groups is 2. The minimum atomic E-state index is 0.716. The first kappa shape index (κ1) is 14.7. The Balaban J connectivity index is 2.65. The van der Waals surface area contributed by atoms with Gasteiger partial charge in [-0.15, -0.1) is 0 Å². The highest BCUT2D eigenvalue weighted by Crippen LogP contribution is 2.36. The van der Waals surface area contributed by atoms with E-state index in [2.05, 4.69) is 56.5 Å². The maximum Gasteiger partial charge on any atom is 0.0320 e. The number of hydrogen-bond donors (Lipinski definition) is 1. The molecule has 1 fully saturated rings. The zero-order valence-corrected chi connectivity index (χ0v) is 12.8. The first-order valence-electron chi connectivity index (χ1n) is 6.71. The molecule has 96 valence electrons. The van der Waals surface area contributed by atoms with Crippen LogP contribution in [0.25, 0.3) is 0 Å². The Bertz CT molecular complexity index is 183. The molecule has 0 amide bonds. The van der Waals surface area contributed by atoms with Crippen LogP contribution in [0.5, 0.6) is 0 Å². The largest absolute Gasteiger partial charge is 0.313 e. The van der Waals surface area contributed by atoms with Crippen molar-refractivity contribution in [1.82, 2.24) is 5.32 Å². The molecule has 3 unspecified atom stereocenters. The lowest BCUT2D eigenvalue weighted by atomic mass is 9.90. The van der Waals surface area contributed by atoms with Crippen molar-refractivity contribution < 1.29 is 0 Å². The van der Waals surface area contributed by atoms with Crippen LogP contribution >= 0.6 is 23.5 Å². The molecule has 0 aliphatic carbocycles. The Kier molecular flexibility index (Phi) is 7.25. The summed E-state index contributed by atoms with van der Waals surface area (Å²) < 4.78 is 0. The third-order valence-electron chi connectivity index (χ3n) is 3.59. The molecule has 3 heteroatoms. The second-order valence-electron chi connectivity index (χ2n) is 4.57. The molecule has 0 aromatic rings. The van der Waals surface area contributed by atoms with E-state index < -0.39 is 0 Å². The fraction of sp³-hybridized carbons (Fsp3) is 1.00. The predicted octanol–water partition coefficient (Wildman–Crippen LogP) is 3.64. The second kappa shape index (κ2) is 7.88. The summed E-state index contributed by atoms with van der Waals surface area (Å²) in [6, 6.07) is 0.716. The fourth-order valence-corrected chi connectivity index (χ4v) is 5.67. The molecular formula is C13H27NS2. The van der Waals surface area contributed by atoms with Gasteiger partial charge in [-0.25, -0.2) is 0 Å². The third-order valence-corrected chi connectivity index (χ3v) is 6.80. The van der Waals surface area contributed by atoms with Gasteiger partial charge in [0.25, 0.3) is 0 Å². The van der Waals surface area contributed by atoms with Gasteiger partial charge in [-0.2, -0.15) is 23.5 Å². The van der Waals surface area contributed by atoms with Gasteiger partial charge in [0.05, 0.1) is 0 Å². The zero-order chi connectivity index (χ0) is 12.0. The Hall–Kier alpha value is 0.660. The Morgan fingerprint density at radius 3 is 2.25 bits per heavy atom. The predicted molar refractivity (Wildman–Crippen MR) is 79.7 cm³/mol. The number of hydrogen-bond acceptors (Lipinski definition) is 3. The van der Waals surface area contributed by atoms with Crippen molar-refractivity contribution in [2.24, 2.45) is 5.92 Å². The van der Waals surface area contributed by atoms with E-state index in [1.54, 1.807) is 0 Å². The molecule has 0 radical (unpaired) electrons. The minimum absolute atomic E-state index is 0.716. The van der Waals surface area contributed by atoms with Crippen molar-refractivity contribution in [2.45, 2.75) is 57.1 Å². The standard InChI is InChI=1S/C13H27NS2/c1-5-11(6-2)12(14-7-3)13-10(4)15-8-9-16-13/h10-14H,5-9H2,1-4H3. The van der Waals surface area contributed by atoms with Crippen LogP contribution in [0, 0.1) is 5.92 Å². The van der Waals surface area contributed by atoms with Crippen LogP contribution in [0.15, 0.2) is 0 Å². The molecule has 0 aromatic heterocycles. The molecular weight excluding hydrogens is 234 g/mol. The van der Waals surface area contributed by atoms with Crippen LogP contribution in [0.3, 0.4) is 0 Å².